The minimum atomic E-state index is -3.88. The summed E-state index contributed by atoms with van der Waals surface area (Å²) < 4.78 is 25.5. The van der Waals surface area contributed by atoms with Crippen LogP contribution in [0.4, 0.5) is 10.5 Å². The molecule has 0 fully saturated rings. The van der Waals surface area contributed by atoms with Gasteiger partial charge in [-0.2, -0.15) is 0 Å². The van der Waals surface area contributed by atoms with Crippen LogP contribution in [0.2, 0.25) is 0 Å². The number of nitrogens with one attached hydrogen (secondary N) is 2. The summed E-state index contributed by atoms with van der Waals surface area (Å²) in [5.41, 5.74) is 5.90. The molecule has 1 aromatic rings. The quantitative estimate of drug-likeness (QED) is 0.698. The van der Waals surface area contributed by atoms with E-state index in [4.69, 9.17) is 5.73 Å². The minimum absolute atomic E-state index is 0.0506. The van der Waals surface area contributed by atoms with E-state index in [0.717, 1.165) is 0 Å². The monoisotopic (exact) mass is 307 g/mol. The van der Waals surface area contributed by atoms with Crippen LogP contribution in [0.5, 0.6) is 0 Å². The molecular weight excluding hydrogens is 298 g/mol. The van der Waals surface area contributed by atoms with E-state index in [-0.39, 0.29) is 4.90 Å². The van der Waals surface area contributed by atoms with Crippen LogP contribution in [0.3, 0.4) is 0 Å². The predicted molar refractivity (Wildman–Crippen MR) is 63.3 cm³/mol. The van der Waals surface area contributed by atoms with E-state index in [1.165, 1.54) is 25.2 Å². The minimum Gasteiger partial charge on any atom is -0.399 e. The molecule has 0 unspecified atom stereocenters. The fourth-order valence-electron chi connectivity index (χ4n) is 0.963. The molecule has 88 valence electrons. The third kappa shape index (κ3) is 2.86. The second kappa shape index (κ2) is 4.71. The van der Waals surface area contributed by atoms with Crippen molar-refractivity contribution < 1.29 is 13.2 Å². The van der Waals surface area contributed by atoms with Crippen molar-refractivity contribution in [2.75, 3.05) is 12.8 Å². The highest BCUT2D eigenvalue weighted by Crippen LogP contribution is 2.23. The topological polar surface area (TPSA) is 101 Å². The first-order valence-corrected chi connectivity index (χ1v) is 6.44. The number of sulfonamides is 1. The zero-order valence-electron chi connectivity index (χ0n) is 8.32. The molecule has 2 amide bonds. The first kappa shape index (κ1) is 12.8. The molecule has 0 atom stereocenters. The van der Waals surface area contributed by atoms with Gasteiger partial charge >= 0.3 is 6.03 Å². The van der Waals surface area contributed by atoms with E-state index in [9.17, 15) is 13.2 Å². The first-order chi connectivity index (χ1) is 7.36. The first-order valence-electron chi connectivity index (χ1n) is 4.16. The number of hydrogen-bond donors (Lipinski definition) is 3. The van der Waals surface area contributed by atoms with Gasteiger partial charge in [0.05, 0.1) is 0 Å². The Balaban J connectivity index is 3.13. The molecule has 0 spiro atoms. The van der Waals surface area contributed by atoms with Gasteiger partial charge in [-0.3, -0.25) is 0 Å². The number of anilines is 1. The summed E-state index contributed by atoms with van der Waals surface area (Å²) in [6, 6.07) is 3.38. The van der Waals surface area contributed by atoms with Crippen molar-refractivity contribution in [2.24, 2.45) is 0 Å². The Labute approximate surface area is 101 Å². The summed E-state index contributed by atoms with van der Waals surface area (Å²) in [6.07, 6.45) is 0. The molecule has 1 rings (SSSR count). The van der Waals surface area contributed by atoms with Crippen LogP contribution in [0.25, 0.3) is 0 Å². The van der Waals surface area contributed by atoms with E-state index < -0.39 is 16.1 Å². The highest BCUT2D eigenvalue weighted by molar-refractivity contribution is 9.10. The number of carbonyl (C=O) groups is 1. The van der Waals surface area contributed by atoms with Gasteiger partial charge < -0.3 is 11.1 Å². The van der Waals surface area contributed by atoms with E-state index in [0.29, 0.717) is 10.2 Å². The van der Waals surface area contributed by atoms with Crippen LogP contribution in [0.15, 0.2) is 27.6 Å². The summed E-state index contributed by atoms with van der Waals surface area (Å²) in [6.45, 7) is 0. The smallest absolute Gasteiger partial charge is 0.328 e. The molecule has 0 radical (unpaired) electrons. The molecule has 0 aliphatic carbocycles. The lowest BCUT2D eigenvalue weighted by molar-refractivity contribution is 0.248. The number of nitrogen functional groups attached to an aromatic ring is 1. The summed E-state index contributed by atoms with van der Waals surface area (Å²) in [5, 5.41) is 2.15. The molecule has 8 heteroatoms. The van der Waals surface area contributed by atoms with Crippen LogP contribution in [0, 0.1) is 0 Å². The number of amides is 2. The average molecular weight is 308 g/mol. The molecule has 16 heavy (non-hydrogen) atoms. The molecule has 1 aromatic carbocycles. The molecule has 6 nitrogen and oxygen atoms in total. The number of carbonyl (C=O) groups excluding carboxylic acids is 1. The van der Waals surface area contributed by atoms with Gasteiger partial charge in [0.25, 0.3) is 10.0 Å². The normalized spacial score (nSPS) is 10.9. The largest absolute Gasteiger partial charge is 0.399 e. The fourth-order valence-corrected chi connectivity index (χ4v) is 3.02. The maximum atomic E-state index is 11.7. The molecule has 0 aliphatic rings. The van der Waals surface area contributed by atoms with E-state index in [1.807, 2.05) is 4.72 Å². The zero-order chi connectivity index (χ0) is 12.3. The number of halogens is 1. The predicted octanol–water partition coefficient (Wildman–Crippen LogP) is 0.649. The van der Waals surface area contributed by atoms with Gasteiger partial charge in [-0.1, -0.05) is 0 Å². The van der Waals surface area contributed by atoms with Crippen molar-refractivity contribution in [1.82, 2.24) is 10.0 Å². The van der Waals surface area contributed by atoms with E-state index in [1.54, 1.807) is 0 Å². The molecular formula is C8H10BrN3O3S. The van der Waals surface area contributed by atoms with Gasteiger partial charge in [0.1, 0.15) is 4.90 Å². The van der Waals surface area contributed by atoms with E-state index in [2.05, 4.69) is 21.2 Å². The highest BCUT2D eigenvalue weighted by Gasteiger charge is 2.19. The number of hydrogen-bond acceptors (Lipinski definition) is 4. The van der Waals surface area contributed by atoms with Gasteiger partial charge in [-0.25, -0.2) is 17.9 Å². The maximum Gasteiger partial charge on any atom is 0.328 e. The summed E-state index contributed by atoms with van der Waals surface area (Å²) >= 11 is 3.06. The van der Waals surface area contributed by atoms with Crippen LogP contribution in [-0.4, -0.2) is 21.5 Å². The van der Waals surface area contributed by atoms with Crippen molar-refractivity contribution >= 4 is 37.7 Å². The van der Waals surface area contributed by atoms with Crippen molar-refractivity contribution in [3.05, 3.63) is 22.7 Å². The van der Waals surface area contributed by atoms with Crippen molar-refractivity contribution in [3.8, 4) is 0 Å². The summed E-state index contributed by atoms with van der Waals surface area (Å²) in [5.74, 6) is 0. The van der Waals surface area contributed by atoms with Crippen molar-refractivity contribution in [3.63, 3.8) is 0 Å². The van der Waals surface area contributed by atoms with Gasteiger partial charge in [0.2, 0.25) is 0 Å². The Bertz CT molecular complexity index is 515. The highest BCUT2D eigenvalue weighted by atomic mass is 79.9. The molecule has 0 aromatic heterocycles. The van der Waals surface area contributed by atoms with Crippen LogP contribution < -0.4 is 15.8 Å². The third-order valence-corrected chi connectivity index (χ3v) is 4.01. The number of nitrogens with two attached hydrogens (primary N) is 1. The van der Waals surface area contributed by atoms with Gasteiger partial charge in [-0.15, -0.1) is 0 Å². The van der Waals surface area contributed by atoms with Crippen LogP contribution in [0.1, 0.15) is 0 Å². The molecule has 0 heterocycles. The Kier molecular flexibility index (Phi) is 3.76. The molecule has 0 bridgehead atoms. The van der Waals surface area contributed by atoms with Crippen LogP contribution >= 0.6 is 15.9 Å². The second-order valence-corrected chi connectivity index (χ2v) is 5.38. The molecule has 0 saturated carbocycles. The molecule has 0 aliphatic heterocycles. The fraction of sp³-hybridized carbons (Fsp3) is 0.125. The Morgan fingerprint density at radius 2 is 2.06 bits per heavy atom. The number of rotatable bonds is 2. The van der Waals surface area contributed by atoms with Gasteiger partial charge in [-0.05, 0) is 34.1 Å². The zero-order valence-corrected chi connectivity index (χ0v) is 10.7. The standard InChI is InChI=1S/C8H10BrN3O3S/c1-11-8(13)12-16(14,15)7-3-2-5(10)4-6(7)9/h2-4H,10H2,1H3,(H2,11,12,13). The second-order valence-electron chi connectivity index (χ2n) is 2.87. The van der Waals surface area contributed by atoms with Crippen molar-refractivity contribution in [2.45, 2.75) is 4.90 Å². The Morgan fingerprint density at radius 1 is 1.44 bits per heavy atom. The lowest BCUT2D eigenvalue weighted by Gasteiger charge is -2.08. The number of benzene rings is 1. The average Bonchev–Trinajstić information content (AvgIpc) is 2.16. The summed E-state index contributed by atoms with van der Waals surface area (Å²) in [7, 11) is -2.56. The number of urea groups is 1. The Hall–Kier alpha value is -1.28. The van der Waals surface area contributed by atoms with Gasteiger partial charge in [0.15, 0.2) is 0 Å². The Morgan fingerprint density at radius 3 is 2.56 bits per heavy atom. The SMILES string of the molecule is CNC(=O)NS(=O)(=O)c1ccc(N)cc1Br. The van der Waals surface area contributed by atoms with Gasteiger partial charge in [0, 0.05) is 17.2 Å². The van der Waals surface area contributed by atoms with Crippen LogP contribution in [-0.2, 0) is 10.0 Å². The maximum absolute atomic E-state index is 11.7. The van der Waals surface area contributed by atoms with Crippen molar-refractivity contribution in [1.29, 1.82) is 0 Å². The lowest BCUT2D eigenvalue weighted by Crippen LogP contribution is -2.37. The summed E-state index contributed by atoms with van der Waals surface area (Å²) in [4.78, 5) is 10.9. The lowest BCUT2D eigenvalue weighted by atomic mass is 10.3. The van der Waals surface area contributed by atoms with E-state index >= 15 is 0 Å². The molecule has 0 saturated heterocycles. The molecule has 4 N–H and O–H groups in total. The third-order valence-electron chi connectivity index (χ3n) is 1.70.